The second kappa shape index (κ2) is 4.80. The third kappa shape index (κ3) is 3.15. The summed E-state index contributed by atoms with van der Waals surface area (Å²) in [7, 11) is 0. The van der Waals surface area contributed by atoms with Crippen molar-refractivity contribution in [3.8, 4) is 0 Å². The van der Waals surface area contributed by atoms with Crippen molar-refractivity contribution in [1.82, 2.24) is 5.32 Å². The Morgan fingerprint density at radius 1 is 1.62 bits per heavy atom. The normalized spacial score (nSPS) is 33.5. The number of hydrogen-bond donors (Lipinski definition) is 1. The first-order valence-electron chi connectivity index (χ1n) is 5.54. The first-order chi connectivity index (χ1) is 6.20. The van der Waals surface area contributed by atoms with Gasteiger partial charge in [0.25, 0.3) is 0 Å². The Hall–Kier alpha value is -0.300. The summed E-state index contributed by atoms with van der Waals surface area (Å²) in [5, 5.41) is 3.55. The van der Waals surface area contributed by atoms with E-state index in [-0.39, 0.29) is 0 Å². The van der Waals surface area contributed by atoms with E-state index in [4.69, 9.17) is 0 Å². The van der Waals surface area contributed by atoms with E-state index in [9.17, 15) is 0 Å². The first-order valence-corrected chi connectivity index (χ1v) is 5.54. The molecule has 1 nitrogen and oxygen atoms in total. The molecule has 1 heteroatoms. The zero-order chi connectivity index (χ0) is 9.73. The molecular weight excluding hydrogens is 158 g/mol. The molecule has 0 heterocycles. The molecule has 2 unspecified atom stereocenters. The van der Waals surface area contributed by atoms with Crippen LogP contribution in [0.2, 0.25) is 0 Å². The van der Waals surface area contributed by atoms with Crippen molar-refractivity contribution in [1.29, 1.82) is 0 Å². The Morgan fingerprint density at radius 2 is 2.38 bits per heavy atom. The van der Waals surface area contributed by atoms with Crippen molar-refractivity contribution < 1.29 is 0 Å². The molecule has 0 aliphatic heterocycles. The topological polar surface area (TPSA) is 12.0 Å². The highest BCUT2D eigenvalue weighted by atomic mass is 14.9. The Morgan fingerprint density at radius 3 is 3.00 bits per heavy atom. The van der Waals surface area contributed by atoms with Crippen molar-refractivity contribution >= 4 is 0 Å². The Kier molecular flexibility index (Phi) is 3.98. The molecule has 76 valence electrons. The minimum atomic E-state index is 0.584. The minimum Gasteiger partial charge on any atom is -0.314 e. The van der Waals surface area contributed by atoms with Crippen LogP contribution in [-0.4, -0.2) is 12.6 Å². The lowest BCUT2D eigenvalue weighted by Gasteiger charge is -2.23. The van der Waals surface area contributed by atoms with Crippen LogP contribution in [0.3, 0.4) is 0 Å². The van der Waals surface area contributed by atoms with E-state index in [1.165, 1.54) is 32.1 Å². The third-order valence-corrected chi connectivity index (χ3v) is 3.28. The summed E-state index contributed by atoms with van der Waals surface area (Å²) in [6, 6.07) is 0.778. The summed E-state index contributed by atoms with van der Waals surface area (Å²) < 4.78 is 0. The molecule has 0 aromatic heterocycles. The Labute approximate surface area is 82.6 Å². The lowest BCUT2D eigenvalue weighted by Crippen LogP contribution is -2.27. The smallest absolute Gasteiger partial charge is 0.00723 e. The number of rotatable bonds is 5. The van der Waals surface area contributed by atoms with Crippen LogP contribution < -0.4 is 5.32 Å². The number of nitrogens with one attached hydrogen (secondary N) is 1. The van der Waals surface area contributed by atoms with Gasteiger partial charge in [-0.3, -0.25) is 0 Å². The highest BCUT2D eigenvalue weighted by Crippen LogP contribution is 2.41. The molecule has 1 rings (SSSR count). The van der Waals surface area contributed by atoms with Crippen LogP contribution in [0.1, 0.15) is 46.0 Å². The molecule has 1 N–H and O–H groups in total. The van der Waals surface area contributed by atoms with E-state index in [0.29, 0.717) is 5.41 Å². The van der Waals surface area contributed by atoms with E-state index in [1.807, 2.05) is 6.08 Å². The van der Waals surface area contributed by atoms with Crippen LogP contribution in [0.25, 0.3) is 0 Å². The minimum absolute atomic E-state index is 0.584. The molecule has 1 fully saturated rings. The molecule has 0 spiro atoms. The monoisotopic (exact) mass is 181 g/mol. The van der Waals surface area contributed by atoms with Crippen molar-refractivity contribution in [2.75, 3.05) is 6.54 Å². The maximum atomic E-state index is 3.79. The SMILES string of the molecule is C=CCCC1(C)CCC(NCC)C1. The van der Waals surface area contributed by atoms with E-state index < -0.39 is 0 Å². The van der Waals surface area contributed by atoms with Crippen LogP contribution in [-0.2, 0) is 0 Å². The summed E-state index contributed by atoms with van der Waals surface area (Å²) in [6.07, 6.45) is 8.65. The molecule has 13 heavy (non-hydrogen) atoms. The van der Waals surface area contributed by atoms with Gasteiger partial charge in [0.2, 0.25) is 0 Å². The zero-order valence-corrected chi connectivity index (χ0v) is 9.10. The van der Waals surface area contributed by atoms with Crippen LogP contribution in [0.5, 0.6) is 0 Å². The molecule has 0 amide bonds. The van der Waals surface area contributed by atoms with Gasteiger partial charge in [-0.05, 0) is 44.1 Å². The molecule has 0 saturated heterocycles. The summed E-state index contributed by atoms with van der Waals surface area (Å²) in [4.78, 5) is 0. The Bertz CT molecular complexity index is 165. The summed E-state index contributed by atoms with van der Waals surface area (Å²) in [5.41, 5.74) is 0.584. The van der Waals surface area contributed by atoms with Crippen molar-refractivity contribution in [3.63, 3.8) is 0 Å². The van der Waals surface area contributed by atoms with Gasteiger partial charge >= 0.3 is 0 Å². The molecular formula is C12H23N. The average molecular weight is 181 g/mol. The molecule has 1 aliphatic rings. The lowest BCUT2D eigenvalue weighted by atomic mass is 9.83. The fourth-order valence-corrected chi connectivity index (χ4v) is 2.46. The predicted octanol–water partition coefficient (Wildman–Crippen LogP) is 3.12. The summed E-state index contributed by atoms with van der Waals surface area (Å²) >= 11 is 0. The molecule has 1 aliphatic carbocycles. The maximum absolute atomic E-state index is 3.79. The average Bonchev–Trinajstić information content (AvgIpc) is 2.46. The summed E-state index contributed by atoms with van der Waals surface area (Å²) in [5.74, 6) is 0. The van der Waals surface area contributed by atoms with E-state index >= 15 is 0 Å². The van der Waals surface area contributed by atoms with Gasteiger partial charge in [0.15, 0.2) is 0 Å². The highest BCUT2D eigenvalue weighted by molar-refractivity contribution is 4.90. The zero-order valence-electron chi connectivity index (χ0n) is 9.10. The largest absolute Gasteiger partial charge is 0.314 e. The highest BCUT2D eigenvalue weighted by Gasteiger charge is 2.33. The predicted molar refractivity (Wildman–Crippen MR) is 58.9 cm³/mol. The van der Waals surface area contributed by atoms with Gasteiger partial charge in [0.1, 0.15) is 0 Å². The second-order valence-corrected chi connectivity index (χ2v) is 4.64. The quantitative estimate of drug-likeness (QED) is 0.643. The lowest BCUT2D eigenvalue weighted by molar-refractivity contribution is 0.301. The molecule has 1 saturated carbocycles. The van der Waals surface area contributed by atoms with E-state index in [1.54, 1.807) is 0 Å². The van der Waals surface area contributed by atoms with Crippen molar-refractivity contribution in [2.24, 2.45) is 5.41 Å². The van der Waals surface area contributed by atoms with Gasteiger partial charge in [-0.25, -0.2) is 0 Å². The molecule has 0 aromatic carbocycles. The fourth-order valence-electron chi connectivity index (χ4n) is 2.46. The van der Waals surface area contributed by atoms with Gasteiger partial charge in [-0.2, -0.15) is 0 Å². The molecule has 0 radical (unpaired) electrons. The van der Waals surface area contributed by atoms with E-state index in [0.717, 1.165) is 12.6 Å². The number of allylic oxidation sites excluding steroid dienone is 1. The van der Waals surface area contributed by atoms with E-state index in [2.05, 4.69) is 25.7 Å². The van der Waals surface area contributed by atoms with Crippen LogP contribution in [0.4, 0.5) is 0 Å². The maximum Gasteiger partial charge on any atom is 0.00723 e. The molecule has 0 aromatic rings. The van der Waals surface area contributed by atoms with Gasteiger partial charge in [-0.15, -0.1) is 6.58 Å². The van der Waals surface area contributed by atoms with Gasteiger partial charge < -0.3 is 5.32 Å². The van der Waals surface area contributed by atoms with Crippen molar-refractivity contribution in [2.45, 2.75) is 52.0 Å². The van der Waals surface area contributed by atoms with Crippen LogP contribution in [0, 0.1) is 5.41 Å². The number of hydrogen-bond acceptors (Lipinski definition) is 1. The molecule has 0 bridgehead atoms. The first kappa shape index (κ1) is 10.8. The fraction of sp³-hybridized carbons (Fsp3) is 0.833. The second-order valence-electron chi connectivity index (χ2n) is 4.64. The van der Waals surface area contributed by atoms with Crippen molar-refractivity contribution in [3.05, 3.63) is 12.7 Å². The van der Waals surface area contributed by atoms with Crippen LogP contribution in [0.15, 0.2) is 12.7 Å². The third-order valence-electron chi connectivity index (χ3n) is 3.28. The van der Waals surface area contributed by atoms with Gasteiger partial charge in [0, 0.05) is 6.04 Å². The Balaban J connectivity index is 2.32. The van der Waals surface area contributed by atoms with Gasteiger partial charge in [0.05, 0.1) is 0 Å². The molecule has 2 atom stereocenters. The van der Waals surface area contributed by atoms with Gasteiger partial charge in [-0.1, -0.05) is 19.9 Å². The summed E-state index contributed by atoms with van der Waals surface area (Å²) in [6.45, 7) is 9.52. The van der Waals surface area contributed by atoms with Crippen LogP contribution >= 0.6 is 0 Å². The standard InChI is InChI=1S/C12H23N/c1-4-6-8-12(3)9-7-11(10-12)13-5-2/h4,11,13H,1,5-10H2,2-3H3.